The van der Waals surface area contributed by atoms with Crippen LogP contribution in [0.15, 0.2) is 199 Å². The topological polar surface area (TPSA) is 0 Å². The van der Waals surface area contributed by atoms with Gasteiger partial charge in [0.1, 0.15) is 0 Å². The summed E-state index contributed by atoms with van der Waals surface area (Å²) in [6.07, 6.45) is 25.4. The van der Waals surface area contributed by atoms with E-state index in [9.17, 15) is 0 Å². The molecule has 6 aromatic carbocycles. The second kappa shape index (κ2) is 21.1. The van der Waals surface area contributed by atoms with Crippen molar-refractivity contribution in [3.63, 3.8) is 0 Å². The fourth-order valence-electron chi connectivity index (χ4n) is 8.10. The third-order valence-corrected chi connectivity index (χ3v) is 11.9. The molecule has 0 saturated heterocycles. The maximum atomic E-state index is 2.34. The molecular weight excluding hydrogens is 721 g/mol. The van der Waals surface area contributed by atoms with Crippen molar-refractivity contribution in [3.8, 4) is 22.3 Å². The highest BCUT2D eigenvalue weighted by Gasteiger charge is 2.15. The maximum Gasteiger partial charge on any atom is 0.00561 e. The molecule has 0 radical (unpaired) electrons. The number of hydrogen-bond acceptors (Lipinski definition) is 0. The smallest absolute Gasteiger partial charge is 0.00561 e. The molecule has 0 bridgehead atoms. The van der Waals surface area contributed by atoms with E-state index in [1.54, 1.807) is 0 Å². The normalized spacial score (nSPS) is 15.2. The highest BCUT2D eigenvalue weighted by atomic mass is 14.2. The van der Waals surface area contributed by atoms with Crippen LogP contribution < -0.4 is 0 Å². The molecule has 0 heteroatoms. The van der Waals surface area contributed by atoms with Crippen LogP contribution in [0.5, 0.6) is 0 Å². The van der Waals surface area contributed by atoms with E-state index in [-0.39, 0.29) is 0 Å². The summed E-state index contributed by atoms with van der Waals surface area (Å²) in [5.74, 6) is 0.502. The van der Waals surface area contributed by atoms with Crippen molar-refractivity contribution in [1.29, 1.82) is 0 Å². The van der Waals surface area contributed by atoms with Crippen LogP contribution in [0.4, 0.5) is 0 Å². The SMILES string of the molecule is CC1=C(c2ccc(-c3ccccc3C)c(C)c2C)CCC=C1.C\C=C/C=C\C(=C/C)c1ccc2cc(C3C=CC(C)=CC3)ccc2c1.Cc1ccc(-c2ccccc2)cc1. The van der Waals surface area contributed by atoms with Crippen molar-refractivity contribution in [2.45, 2.75) is 80.6 Å². The molecule has 302 valence electrons. The molecule has 2 aliphatic carbocycles. The fraction of sp³-hybridized carbons (Fsp3) is 0.200. The average Bonchev–Trinajstić information content (AvgIpc) is 3.28. The molecule has 0 nitrogen and oxygen atoms in total. The second-order valence-electron chi connectivity index (χ2n) is 16.2. The Bertz CT molecular complexity index is 2610. The Morgan fingerprint density at radius 2 is 1.28 bits per heavy atom. The Hall–Kier alpha value is -6.24. The summed E-state index contributed by atoms with van der Waals surface area (Å²) < 4.78 is 0. The van der Waals surface area contributed by atoms with Gasteiger partial charge < -0.3 is 0 Å². The summed E-state index contributed by atoms with van der Waals surface area (Å²) in [7, 11) is 0. The predicted molar refractivity (Wildman–Crippen MR) is 265 cm³/mol. The van der Waals surface area contributed by atoms with Crippen molar-refractivity contribution < 1.29 is 0 Å². The van der Waals surface area contributed by atoms with Crippen LogP contribution in [0.2, 0.25) is 0 Å². The summed E-state index contributed by atoms with van der Waals surface area (Å²) in [6.45, 7) is 17.3. The van der Waals surface area contributed by atoms with Gasteiger partial charge in [0.05, 0.1) is 0 Å². The summed E-state index contributed by atoms with van der Waals surface area (Å²) in [4.78, 5) is 0. The Morgan fingerprint density at radius 3 is 1.98 bits per heavy atom. The Kier molecular flexibility index (Phi) is 15.3. The molecule has 0 amide bonds. The molecule has 0 fully saturated rings. The maximum absolute atomic E-state index is 2.34. The van der Waals surface area contributed by atoms with E-state index < -0.39 is 0 Å². The minimum atomic E-state index is 0.502. The Balaban J connectivity index is 0.000000158. The number of rotatable bonds is 7. The van der Waals surface area contributed by atoms with E-state index in [0.717, 1.165) is 19.3 Å². The van der Waals surface area contributed by atoms with Crippen LogP contribution in [-0.4, -0.2) is 0 Å². The third-order valence-electron chi connectivity index (χ3n) is 11.9. The molecule has 60 heavy (non-hydrogen) atoms. The van der Waals surface area contributed by atoms with Gasteiger partial charge in [-0.3, -0.25) is 0 Å². The molecule has 8 rings (SSSR count). The van der Waals surface area contributed by atoms with Gasteiger partial charge in [0, 0.05) is 5.92 Å². The fourth-order valence-corrected chi connectivity index (χ4v) is 8.10. The number of hydrogen-bond donors (Lipinski definition) is 0. The molecule has 0 N–H and O–H groups in total. The van der Waals surface area contributed by atoms with Gasteiger partial charge in [0.25, 0.3) is 0 Å². The molecule has 1 unspecified atom stereocenters. The third kappa shape index (κ3) is 11.1. The molecule has 1 atom stereocenters. The van der Waals surface area contributed by atoms with E-state index in [2.05, 4.69) is 224 Å². The van der Waals surface area contributed by atoms with Gasteiger partial charge in [0.15, 0.2) is 0 Å². The zero-order valence-electron chi connectivity index (χ0n) is 37.1. The monoisotopic (exact) mass is 782 g/mol. The molecular formula is C60H62. The van der Waals surface area contributed by atoms with Gasteiger partial charge in [-0.1, -0.05) is 193 Å². The first-order valence-corrected chi connectivity index (χ1v) is 21.7. The largest absolute Gasteiger partial charge is 0.0877 e. The zero-order chi connectivity index (χ0) is 42.4. The van der Waals surface area contributed by atoms with Crippen molar-refractivity contribution in [2.75, 3.05) is 0 Å². The molecule has 6 aromatic rings. The standard InChI is InChI=1S/C25H26.C22H24.C13H12/c1-4-6-7-8-20(5-2)22-13-15-25-18-23(14-16-24(25)17-22)21-11-9-19(3)10-12-21;1-15-9-5-7-11-19(15)21-13-14-22(18(4)17(21)3)20-12-8-6-10-16(20)2;1-11-7-9-13(10-8-11)12-5-3-2-4-6-12/h4-11,13-18,21H,12H2,1-3H3;5-7,9-11,13-14H,8,12H2,1-4H3;2-10H,1H3/b6-4-,8-7-,20-5+;;. The lowest BCUT2D eigenvalue weighted by Crippen LogP contribution is -1.99. The van der Waals surface area contributed by atoms with Gasteiger partial charge in [-0.05, 0) is 164 Å². The zero-order valence-corrected chi connectivity index (χ0v) is 37.1. The van der Waals surface area contributed by atoms with E-state index in [4.69, 9.17) is 0 Å². The lowest BCUT2D eigenvalue weighted by molar-refractivity contribution is 0.846. The quantitative estimate of drug-likeness (QED) is 0.142. The van der Waals surface area contributed by atoms with Gasteiger partial charge in [0.2, 0.25) is 0 Å². The van der Waals surface area contributed by atoms with E-state index in [0.29, 0.717) is 5.92 Å². The molecule has 0 heterocycles. The van der Waals surface area contributed by atoms with Crippen LogP contribution in [0.3, 0.4) is 0 Å². The van der Waals surface area contributed by atoms with Crippen molar-refractivity contribution in [1.82, 2.24) is 0 Å². The van der Waals surface area contributed by atoms with Crippen LogP contribution >= 0.6 is 0 Å². The predicted octanol–water partition coefficient (Wildman–Crippen LogP) is 17.4. The molecule has 0 aliphatic heterocycles. The summed E-state index contributed by atoms with van der Waals surface area (Å²) in [5.41, 5.74) is 20.4. The average molecular weight is 783 g/mol. The highest BCUT2D eigenvalue weighted by Crippen LogP contribution is 2.36. The van der Waals surface area contributed by atoms with Crippen LogP contribution in [0.25, 0.3) is 44.2 Å². The van der Waals surface area contributed by atoms with Crippen molar-refractivity contribution >= 4 is 21.9 Å². The van der Waals surface area contributed by atoms with Crippen molar-refractivity contribution in [2.24, 2.45) is 0 Å². The lowest BCUT2D eigenvalue weighted by atomic mass is 9.85. The number of fused-ring (bicyclic) bond motifs is 1. The lowest BCUT2D eigenvalue weighted by Gasteiger charge is -2.20. The first kappa shape index (κ1) is 43.3. The van der Waals surface area contributed by atoms with Gasteiger partial charge >= 0.3 is 0 Å². The first-order chi connectivity index (χ1) is 29.2. The van der Waals surface area contributed by atoms with E-state index in [1.807, 2.05) is 19.1 Å². The first-order valence-electron chi connectivity index (χ1n) is 21.7. The number of aryl methyl sites for hydroxylation is 2. The van der Waals surface area contributed by atoms with Crippen LogP contribution in [-0.2, 0) is 0 Å². The minimum absolute atomic E-state index is 0.502. The highest BCUT2D eigenvalue weighted by molar-refractivity contribution is 5.88. The second-order valence-corrected chi connectivity index (χ2v) is 16.2. The van der Waals surface area contributed by atoms with Gasteiger partial charge in [-0.25, -0.2) is 0 Å². The van der Waals surface area contributed by atoms with Crippen molar-refractivity contribution in [3.05, 3.63) is 238 Å². The minimum Gasteiger partial charge on any atom is -0.0877 e. The number of allylic oxidation sites excluding steroid dienone is 14. The molecule has 0 saturated carbocycles. The summed E-state index contributed by atoms with van der Waals surface area (Å²) in [5, 5.41) is 2.61. The molecule has 2 aliphatic rings. The Morgan fingerprint density at radius 1 is 0.600 bits per heavy atom. The molecule has 0 spiro atoms. The van der Waals surface area contributed by atoms with Crippen LogP contribution in [0, 0.1) is 27.7 Å². The van der Waals surface area contributed by atoms with Gasteiger partial charge in [-0.15, -0.1) is 0 Å². The number of benzene rings is 6. The van der Waals surface area contributed by atoms with E-state index in [1.165, 1.54) is 94.3 Å². The Labute approximate surface area is 361 Å². The summed E-state index contributed by atoms with van der Waals surface area (Å²) in [6, 6.07) is 45.9. The van der Waals surface area contributed by atoms with Crippen LogP contribution in [0.1, 0.15) is 91.8 Å². The molecule has 0 aromatic heterocycles. The van der Waals surface area contributed by atoms with E-state index >= 15 is 0 Å². The summed E-state index contributed by atoms with van der Waals surface area (Å²) >= 11 is 0. The van der Waals surface area contributed by atoms with Gasteiger partial charge in [-0.2, -0.15) is 0 Å².